The number of rotatable bonds is 3. The van der Waals surface area contributed by atoms with Crippen LogP contribution in [-0.4, -0.2) is 43.1 Å². The first kappa shape index (κ1) is 15.5. The second kappa shape index (κ2) is 5.59. The van der Waals surface area contributed by atoms with E-state index in [1.807, 2.05) is 0 Å². The van der Waals surface area contributed by atoms with Crippen LogP contribution in [0.25, 0.3) is 0 Å². The Morgan fingerprint density at radius 3 is 2.28 bits per heavy atom. The summed E-state index contributed by atoms with van der Waals surface area (Å²) >= 11 is 0. The van der Waals surface area contributed by atoms with Crippen molar-refractivity contribution in [1.82, 2.24) is 4.90 Å². The number of hydrogen-bond donors (Lipinski definition) is 0. The van der Waals surface area contributed by atoms with Gasteiger partial charge in [-0.2, -0.15) is 0 Å². The average molecular weight is 279 g/mol. The van der Waals surface area contributed by atoms with Crippen molar-refractivity contribution in [2.75, 3.05) is 20.8 Å². The zero-order valence-corrected chi connectivity index (χ0v) is 12.5. The van der Waals surface area contributed by atoms with Crippen molar-refractivity contribution in [3.8, 4) is 0 Å². The smallest absolute Gasteiger partial charge is 0.411 e. The van der Waals surface area contributed by atoms with Crippen molar-refractivity contribution in [1.29, 1.82) is 0 Å². The van der Waals surface area contributed by atoms with Crippen LogP contribution in [-0.2, 0) is 18.3 Å². The highest BCUT2D eigenvalue weighted by atomic mass is 31.2. The lowest BCUT2D eigenvalue weighted by molar-refractivity contribution is 0.0253. The normalized spacial score (nSPS) is 21.2. The lowest BCUT2D eigenvalue weighted by Crippen LogP contribution is -2.40. The molecule has 18 heavy (non-hydrogen) atoms. The molecule has 0 radical (unpaired) electrons. The fourth-order valence-corrected chi connectivity index (χ4v) is 3.62. The molecule has 1 amide bonds. The summed E-state index contributed by atoms with van der Waals surface area (Å²) in [5, 5.41) is 0. The number of carbonyl (C=O) groups excluding carboxylic acids is 1. The minimum absolute atomic E-state index is 0.473. The van der Waals surface area contributed by atoms with Gasteiger partial charge in [0, 0.05) is 20.8 Å². The molecule has 1 heterocycles. The maximum atomic E-state index is 12.3. The summed E-state index contributed by atoms with van der Waals surface area (Å²) in [6.07, 6.45) is 0.887. The maximum Gasteiger partial charge on any atom is 0.411 e. The van der Waals surface area contributed by atoms with Gasteiger partial charge in [0.25, 0.3) is 0 Å². The molecule has 0 aromatic rings. The molecule has 1 fully saturated rings. The van der Waals surface area contributed by atoms with Gasteiger partial charge in [0.2, 0.25) is 0 Å². The van der Waals surface area contributed by atoms with Crippen molar-refractivity contribution in [3.05, 3.63) is 0 Å². The highest BCUT2D eigenvalue weighted by Crippen LogP contribution is 2.56. The first-order chi connectivity index (χ1) is 8.23. The molecular weight excluding hydrogens is 257 g/mol. The first-order valence-electron chi connectivity index (χ1n) is 5.94. The summed E-state index contributed by atoms with van der Waals surface area (Å²) in [6.45, 7) is 5.89. The summed E-state index contributed by atoms with van der Waals surface area (Å²) in [5.41, 5.74) is -0.575. The van der Waals surface area contributed by atoms with Crippen LogP contribution >= 0.6 is 7.60 Å². The lowest BCUT2D eigenvalue weighted by Gasteiger charge is -2.31. The van der Waals surface area contributed by atoms with Gasteiger partial charge in [0.15, 0.2) is 0 Å². The third kappa shape index (κ3) is 3.46. The highest BCUT2D eigenvalue weighted by Gasteiger charge is 2.45. The maximum absolute atomic E-state index is 12.3. The fraction of sp³-hybridized carbons (Fsp3) is 0.909. The summed E-state index contributed by atoms with van der Waals surface area (Å²) in [5.74, 6) is -0.553. The Kier molecular flexibility index (Phi) is 4.81. The Balaban J connectivity index is 2.83. The summed E-state index contributed by atoms with van der Waals surface area (Å²) in [4.78, 5) is 13.5. The van der Waals surface area contributed by atoms with Gasteiger partial charge >= 0.3 is 13.7 Å². The molecule has 1 unspecified atom stereocenters. The van der Waals surface area contributed by atoms with Crippen molar-refractivity contribution < 1.29 is 23.1 Å². The molecule has 0 aromatic carbocycles. The molecule has 0 aliphatic carbocycles. The predicted molar refractivity (Wildman–Crippen MR) is 67.6 cm³/mol. The van der Waals surface area contributed by atoms with E-state index in [0.29, 0.717) is 13.0 Å². The minimum atomic E-state index is -3.28. The van der Waals surface area contributed by atoms with Crippen molar-refractivity contribution in [2.24, 2.45) is 0 Å². The van der Waals surface area contributed by atoms with Gasteiger partial charge < -0.3 is 13.8 Å². The lowest BCUT2D eigenvalue weighted by atomic mass is 10.2. The third-order valence-electron chi connectivity index (χ3n) is 2.72. The Bertz CT molecular complexity index is 344. The molecule has 1 saturated heterocycles. The number of amides is 1. The van der Waals surface area contributed by atoms with Crippen molar-refractivity contribution in [3.63, 3.8) is 0 Å². The second-order valence-electron chi connectivity index (χ2n) is 5.20. The van der Waals surface area contributed by atoms with Gasteiger partial charge in [-0.15, -0.1) is 0 Å². The number of hydrogen-bond acceptors (Lipinski definition) is 5. The molecule has 1 aliphatic rings. The number of ether oxygens (including phenoxy) is 1. The SMILES string of the molecule is COP(=O)(OC)C1CCCN1C(=O)OC(C)(C)C. The van der Waals surface area contributed by atoms with E-state index < -0.39 is 25.1 Å². The van der Waals surface area contributed by atoms with Gasteiger partial charge in [-0.1, -0.05) is 0 Å². The van der Waals surface area contributed by atoms with Crippen LogP contribution in [0, 0.1) is 0 Å². The molecule has 0 bridgehead atoms. The predicted octanol–water partition coefficient (Wildman–Crippen LogP) is 2.83. The van der Waals surface area contributed by atoms with Gasteiger partial charge in [0.05, 0.1) is 0 Å². The van der Waals surface area contributed by atoms with Crippen LogP contribution in [0.4, 0.5) is 4.79 Å². The molecule has 0 aromatic heterocycles. The van der Waals surface area contributed by atoms with Crippen LogP contribution in [0.15, 0.2) is 0 Å². The Morgan fingerprint density at radius 2 is 1.83 bits per heavy atom. The van der Waals surface area contributed by atoms with E-state index in [0.717, 1.165) is 6.42 Å². The molecule has 6 nitrogen and oxygen atoms in total. The minimum Gasteiger partial charge on any atom is -0.444 e. The number of carbonyl (C=O) groups is 1. The van der Waals surface area contributed by atoms with E-state index in [1.165, 1.54) is 19.1 Å². The van der Waals surface area contributed by atoms with Gasteiger partial charge in [-0.3, -0.25) is 9.46 Å². The summed E-state index contributed by atoms with van der Waals surface area (Å²) < 4.78 is 27.6. The molecule has 1 aliphatic heterocycles. The zero-order valence-electron chi connectivity index (χ0n) is 11.6. The van der Waals surface area contributed by atoms with E-state index in [9.17, 15) is 9.36 Å². The Hall–Kier alpha value is -0.580. The largest absolute Gasteiger partial charge is 0.444 e. The molecule has 0 spiro atoms. The van der Waals surface area contributed by atoms with E-state index in [1.54, 1.807) is 20.8 Å². The van der Waals surface area contributed by atoms with E-state index in [4.69, 9.17) is 13.8 Å². The van der Waals surface area contributed by atoms with Crippen LogP contribution in [0.3, 0.4) is 0 Å². The Morgan fingerprint density at radius 1 is 1.28 bits per heavy atom. The van der Waals surface area contributed by atoms with E-state index in [-0.39, 0.29) is 0 Å². The van der Waals surface area contributed by atoms with E-state index >= 15 is 0 Å². The van der Waals surface area contributed by atoms with Gasteiger partial charge in [0.1, 0.15) is 11.4 Å². The van der Waals surface area contributed by atoms with E-state index in [2.05, 4.69) is 0 Å². The molecule has 1 atom stereocenters. The molecule has 106 valence electrons. The standard InChI is InChI=1S/C11H22NO5P/c1-11(2,3)17-10(13)12-8-6-7-9(12)18(14,15-4)16-5/h9H,6-8H2,1-5H3. The second-order valence-corrected chi connectivity index (χ2v) is 7.61. The summed E-state index contributed by atoms with van der Waals surface area (Å²) in [7, 11) is -0.621. The topological polar surface area (TPSA) is 65.1 Å². The van der Waals surface area contributed by atoms with Crippen LogP contribution < -0.4 is 0 Å². The Labute approximate surface area is 108 Å². The molecule has 7 heteroatoms. The van der Waals surface area contributed by atoms with Crippen molar-refractivity contribution >= 4 is 13.7 Å². The zero-order chi connectivity index (χ0) is 14.0. The third-order valence-corrected chi connectivity index (χ3v) is 5.01. The van der Waals surface area contributed by atoms with Gasteiger partial charge in [-0.25, -0.2) is 4.79 Å². The van der Waals surface area contributed by atoms with Gasteiger partial charge in [-0.05, 0) is 33.6 Å². The molecule has 0 saturated carbocycles. The molecule has 0 N–H and O–H groups in total. The van der Waals surface area contributed by atoms with Crippen molar-refractivity contribution in [2.45, 2.75) is 45.0 Å². The molecular formula is C11H22NO5P. The number of nitrogens with zero attached hydrogens (tertiary/aromatic N) is 1. The van der Waals surface area contributed by atoms with Crippen LogP contribution in [0.2, 0.25) is 0 Å². The monoisotopic (exact) mass is 279 g/mol. The van der Waals surface area contributed by atoms with Crippen LogP contribution in [0.5, 0.6) is 0 Å². The first-order valence-corrected chi connectivity index (χ1v) is 7.55. The highest BCUT2D eigenvalue weighted by molar-refractivity contribution is 7.54. The molecule has 1 rings (SSSR count). The average Bonchev–Trinajstić information content (AvgIpc) is 2.75. The summed E-state index contributed by atoms with van der Waals surface area (Å²) in [6, 6.07) is 0. The quantitative estimate of drug-likeness (QED) is 0.743. The number of likely N-dealkylation sites (tertiary alicyclic amines) is 1. The van der Waals surface area contributed by atoms with Crippen LogP contribution in [0.1, 0.15) is 33.6 Å². The fourth-order valence-electron chi connectivity index (χ4n) is 1.93.